The van der Waals surface area contributed by atoms with E-state index in [1.807, 2.05) is 47.4 Å². The molecule has 0 saturated heterocycles. The number of benzene rings is 2. The maximum absolute atomic E-state index is 13.3. The molecular formula is C21H21N3O2. The van der Waals surface area contributed by atoms with E-state index in [1.54, 1.807) is 6.92 Å². The van der Waals surface area contributed by atoms with Gasteiger partial charge >= 0.3 is 0 Å². The summed E-state index contributed by atoms with van der Waals surface area (Å²) in [7, 11) is 0. The Labute approximate surface area is 152 Å². The molecule has 0 N–H and O–H groups in total. The number of para-hydroxylation sites is 1. The van der Waals surface area contributed by atoms with Crippen molar-refractivity contribution in [1.29, 1.82) is 0 Å². The minimum Gasteiger partial charge on any atom is -0.421 e. The van der Waals surface area contributed by atoms with E-state index in [2.05, 4.69) is 23.2 Å². The summed E-state index contributed by atoms with van der Waals surface area (Å²) in [6, 6.07) is 15.6. The average Bonchev–Trinajstić information content (AvgIpc) is 3.03. The van der Waals surface area contributed by atoms with Gasteiger partial charge in [0.15, 0.2) is 0 Å². The number of carbonyl (C=O) groups excluding carboxylic acids is 1. The zero-order valence-electron chi connectivity index (χ0n) is 15.0. The molecule has 2 aromatic carbocycles. The highest BCUT2D eigenvalue weighted by Gasteiger charge is 2.25. The zero-order chi connectivity index (χ0) is 18.1. The number of anilines is 1. The maximum Gasteiger partial charge on any atom is 0.258 e. The second-order valence-electron chi connectivity index (χ2n) is 6.77. The third-order valence-electron chi connectivity index (χ3n) is 4.90. The molecule has 4 rings (SSSR count). The molecule has 132 valence electrons. The zero-order valence-corrected chi connectivity index (χ0v) is 15.0. The standard InChI is InChI=1S/C21H21N3O2/c1-14-7-6-12-24(19-11-4-3-10-18(14)19)21(25)17-9-5-8-16(13-17)20-23-22-15(2)26-20/h3-5,8-11,13-14H,6-7,12H2,1-2H3. The van der Waals surface area contributed by atoms with Gasteiger partial charge in [-0.1, -0.05) is 31.2 Å². The number of nitrogens with zero attached hydrogens (tertiary/aromatic N) is 3. The molecule has 0 aliphatic carbocycles. The first-order valence-electron chi connectivity index (χ1n) is 8.95. The van der Waals surface area contributed by atoms with E-state index in [1.165, 1.54) is 5.56 Å². The first kappa shape index (κ1) is 16.5. The molecule has 0 bridgehead atoms. The van der Waals surface area contributed by atoms with E-state index in [0.717, 1.165) is 30.6 Å². The van der Waals surface area contributed by atoms with Gasteiger partial charge in [-0.2, -0.15) is 0 Å². The highest BCUT2D eigenvalue weighted by atomic mass is 16.4. The summed E-state index contributed by atoms with van der Waals surface area (Å²) in [5.74, 6) is 1.40. The van der Waals surface area contributed by atoms with E-state index >= 15 is 0 Å². The summed E-state index contributed by atoms with van der Waals surface area (Å²) in [5.41, 5.74) is 3.64. The largest absolute Gasteiger partial charge is 0.421 e. The van der Waals surface area contributed by atoms with Crippen LogP contribution >= 0.6 is 0 Å². The number of hydrogen-bond acceptors (Lipinski definition) is 4. The Balaban J connectivity index is 1.71. The maximum atomic E-state index is 13.3. The van der Waals surface area contributed by atoms with Gasteiger partial charge in [-0.25, -0.2) is 0 Å². The van der Waals surface area contributed by atoms with Crippen molar-refractivity contribution in [3.8, 4) is 11.5 Å². The van der Waals surface area contributed by atoms with Gasteiger partial charge in [-0.3, -0.25) is 4.79 Å². The van der Waals surface area contributed by atoms with Crippen LogP contribution in [0.1, 0.15) is 47.5 Å². The minimum atomic E-state index is 0.00429. The van der Waals surface area contributed by atoms with Crippen LogP contribution in [0.2, 0.25) is 0 Å². The molecule has 1 aromatic heterocycles. The highest BCUT2D eigenvalue weighted by molar-refractivity contribution is 6.07. The highest BCUT2D eigenvalue weighted by Crippen LogP contribution is 2.34. The van der Waals surface area contributed by atoms with Crippen molar-refractivity contribution in [3.05, 3.63) is 65.5 Å². The van der Waals surface area contributed by atoms with Crippen molar-refractivity contribution in [1.82, 2.24) is 10.2 Å². The van der Waals surface area contributed by atoms with E-state index in [9.17, 15) is 4.79 Å². The Morgan fingerprint density at radius 2 is 2.00 bits per heavy atom. The SMILES string of the molecule is Cc1nnc(-c2cccc(C(=O)N3CCCC(C)c4ccccc43)c2)o1. The summed E-state index contributed by atoms with van der Waals surface area (Å²) in [6.07, 6.45) is 2.08. The molecule has 0 fully saturated rings. The molecule has 1 amide bonds. The predicted octanol–water partition coefficient (Wildman–Crippen LogP) is 4.59. The molecule has 26 heavy (non-hydrogen) atoms. The molecule has 2 heterocycles. The molecule has 1 aliphatic rings. The monoisotopic (exact) mass is 347 g/mol. The number of aromatic nitrogens is 2. The molecule has 1 atom stereocenters. The fraction of sp³-hybridized carbons (Fsp3) is 0.286. The number of amides is 1. The van der Waals surface area contributed by atoms with Crippen molar-refractivity contribution in [2.24, 2.45) is 0 Å². The van der Waals surface area contributed by atoms with Crippen molar-refractivity contribution in [3.63, 3.8) is 0 Å². The minimum absolute atomic E-state index is 0.00429. The number of rotatable bonds is 2. The Kier molecular flexibility index (Phi) is 4.29. The molecule has 0 radical (unpaired) electrons. The molecule has 5 nitrogen and oxygen atoms in total. The van der Waals surface area contributed by atoms with Crippen LogP contribution in [-0.2, 0) is 0 Å². The van der Waals surface area contributed by atoms with Gasteiger partial charge in [0.25, 0.3) is 5.91 Å². The lowest BCUT2D eigenvalue weighted by Crippen LogP contribution is -2.31. The lowest BCUT2D eigenvalue weighted by atomic mass is 9.96. The smallest absolute Gasteiger partial charge is 0.258 e. The molecular weight excluding hydrogens is 326 g/mol. The molecule has 1 aliphatic heterocycles. The van der Waals surface area contributed by atoms with E-state index in [-0.39, 0.29) is 5.91 Å². The van der Waals surface area contributed by atoms with E-state index < -0.39 is 0 Å². The quantitative estimate of drug-likeness (QED) is 0.680. The summed E-state index contributed by atoms with van der Waals surface area (Å²) < 4.78 is 5.49. The van der Waals surface area contributed by atoms with Crippen LogP contribution in [0, 0.1) is 6.92 Å². The van der Waals surface area contributed by atoms with E-state index in [4.69, 9.17) is 4.42 Å². The van der Waals surface area contributed by atoms with Gasteiger partial charge in [0.1, 0.15) is 0 Å². The van der Waals surface area contributed by atoms with Crippen molar-refractivity contribution < 1.29 is 9.21 Å². The Morgan fingerprint density at radius 3 is 2.81 bits per heavy atom. The van der Waals surface area contributed by atoms with Gasteiger partial charge in [0, 0.05) is 30.3 Å². The predicted molar refractivity (Wildman–Crippen MR) is 100 cm³/mol. The third-order valence-corrected chi connectivity index (χ3v) is 4.90. The van der Waals surface area contributed by atoms with Gasteiger partial charge < -0.3 is 9.32 Å². The molecule has 5 heteroatoms. The van der Waals surface area contributed by atoms with Gasteiger partial charge in [0.2, 0.25) is 11.8 Å². The van der Waals surface area contributed by atoms with Crippen LogP contribution in [0.15, 0.2) is 52.9 Å². The number of hydrogen-bond donors (Lipinski definition) is 0. The summed E-state index contributed by atoms with van der Waals surface area (Å²) >= 11 is 0. The Bertz CT molecular complexity index is 948. The van der Waals surface area contributed by atoms with Gasteiger partial charge in [-0.15, -0.1) is 10.2 Å². The van der Waals surface area contributed by atoms with Crippen LogP contribution < -0.4 is 4.90 Å². The first-order valence-corrected chi connectivity index (χ1v) is 8.95. The third kappa shape index (κ3) is 3.01. The number of fused-ring (bicyclic) bond motifs is 1. The van der Waals surface area contributed by atoms with Crippen LogP contribution in [0.4, 0.5) is 5.69 Å². The van der Waals surface area contributed by atoms with Crippen LogP contribution in [-0.4, -0.2) is 22.6 Å². The molecule has 1 unspecified atom stereocenters. The van der Waals surface area contributed by atoms with Gasteiger partial charge in [0.05, 0.1) is 0 Å². The van der Waals surface area contributed by atoms with Crippen LogP contribution in [0.3, 0.4) is 0 Å². The molecule has 0 saturated carbocycles. The number of carbonyl (C=O) groups is 1. The fourth-order valence-electron chi connectivity index (χ4n) is 3.55. The lowest BCUT2D eigenvalue weighted by molar-refractivity contribution is 0.0987. The average molecular weight is 347 g/mol. The summed E-state index contributed by atoms with van der Waals surface area (Å²) in [5, 5.41) is 7.91. The summed E-state index contributed by atoms with van der Waals surface area (Å²) in [6.45, 7) is 4.70. The molecule has 0 spiro atoms. The lowest BCUT2D eigenvalue weighted by Gasteiger charge is -2.23. The normalized spacial score (nSPS) is 16.8. The topological polar surface area (TPSA) is 59.2 Å². The van der Waals surface area contributed by atoms with Crippen molar-refractivity contribution >= 4 is 11.6 Å². The number of aryl methyl sites for hydroxylation is 1. The Hall–Kier alpha value is -2.95. The fourth-order valence-corrected chi connectivity index (χ4v) is 3.55. The van der Waals surface area contributed by atoms with Crippen molar-refractivity contribution in [2.45, 2.75) is 32.6 Å². The first-order chi connectivity index (χ1) is 12.6. The second-order valence-corrected chi connectivity index (χ2v) is 6.77. The van der Waals surface area contributed by atoms with Crippen LogP contribution in [0.25, 0.3) is 11.5 Å². The van der Waals surface area contributed by atoms with Gasteiger partial charge in [-0.05, 0) is 48.6 Å². The second kappa shape index (κ2) is 6.75. The van der Waals surface area contributed by atoms with E-state index in [0.29, 0.717) is 23.3 Å². The summed E-state index contributed by atoms with van der Waals surface area (Å²) in [4.78, 5) is 15.2. The van der Waals surface area contributed by atoms with Crippen molar-refractivity contribution in [2.75, 3.05) is 11.4 Å². The van der Waals surface area contributed by atoms with Crippen LogP contribution in [0.5, 0.6) is 0 Å². The Morgan fingerprint density at radius 1 is 1.15 bits per heavy atom. The molecule has 3 aromatic rings.